The lowest BCUT2D eigenvalue weighted by molar-refractivity contribution is 0.0869. The van der Waals surface area contributed by atoms with Crippen molar-refractivity contribution in [1.82, 2.24) is 5.32 Å². The molecule has 1 amide bonds. The van der Waals surface area contributed by atoms with Gasteiger partial charge < -0.3 is 10.4 Å². The topological polar surface area (TPSA) is 49.3 Å². The molecule has 0 aliphatic carbocycles. The summed E-state index contributed by atoms with van der Waals surface area (Å²) in [5, 5.41) is 11.7. The van der Waals surface area contributed by atoms with Crippen molar-refractivity contribution in [2.45, 2.75) is 19.4 Å². The van der Waals surface area contributed by atoms with E-state index in [4.69, 9.17) is 5.11 Å². The number of aliphatic hydroxyl groups is 1. The summed E-state index contributed by atoms with van der Waals surface area (Å²) in [6, 6.07) is 7.07. The third kappa shape index (κ3) is 3.64. The minimum Gasteiger partial charge on any atom is -0.394 e. The molecule has 0 fully saturated rings. The van der Waals surface area contributed by atoms with Gasteiger partial charge >= 0.3 is 0 Å². The number of benzene rings is 1. The number of amides is 1. The van der Waals surface area contributed by atoms with Crippen LogP contribution < -0.4 is 5.32 Å². The first-order chi connectivity index (χ1) is 6.94. The molecule has 82 valence electrons. The summed E-state index contributed by atoms with van der Waals surface area (Å²) in [6.07, 6.45) is 0. The number of nitrogens with one attached hydrogen (secondary N) is 1. The fourth-order valence-electron chi connectivity index (χ4n) is 1.02. The van der Waals surface area contributed by atoms with Crippen molar-refractivity contribution < 1.29 is 9.90 Å². The minimum absolute atomic E-state index is 0.0880. The van der Waals surface area contributed by atoms with Crippen molar-refractivity contribution in [3.63, 3.8) is 0 Å². The van der Waals surface area contributed by atoms with Crippen molar-refractivity contribution in [3.8, 4) is 0 Å². The Morgan fingerprint density at radius 3 is 2.40 bits per heavy atom. The molecule has 0 saturated carbocycles. The van der Waals surface area contributed by atoms with Crippen LogP contribution in [0.25, 0.3) is 0 Å². The maximum atomic E-state index is 11.7. The largest absolute Gasteiger partial charge is 0.394 e. The lowest BCUT2D eigenvalue weighted by atomic mass is 10.1. The molecule has 0 aromatic heterocycles. The second-order valence-corrected chi connectivity index (χ2v) is 4.92. The highest BCUT2D eigenvalue weighted by Crippen LogP contribution is 2.11. The zero-order valence-corrected chi connectivity index (χ0v) is 10.3. The first kappa shape index (κ1) is 12.2. The number of rotatable bonds is 3. The maximum Gasteiger partial charge on any atom is 0.251 e. The van der Waals surface area contributed by atoms with Gasteiger partial charge in [0.05, 0.1) is 12.1 Å². The smallest absolute Gasteiger partial charge is 0.251 e. The number of carbonyl (C=O) groups is 1. The molecule has 0 saturated heterocycles. The number of carbonyl (C=O) groups excluding carboxylic acids is 1. The summed E-state index contributed by atoms with van der Waals surface area (Å²) in [5.41, 5.74) is -0.0100. The van der Waals surface area contributed by atoms with Gasteiger partial charge in [0.25, 0.3) is 5.91 Å². The van der Waals surface area contributed by atoms with Crippen LogP contribution in [-0.4, -0.2) is 23.2 Å². The fourth-order valence-corrected chi connectivity index (χ4v) is 1.28. The molecule has 15 heavy (non-hydrogen) atoms. The standard InChI is InChI=1S/C11H14BrNO2/c1-11(2,7-14)13-10(15)8-3-5-9(12)6-4-8/h3-6,14H,7H2,1-2H3,(H,13,15). The summed E-state index contributed by atoms with van der Waals surface area (Å²) in [4.78, 5) is 11.7. The highest BCUT2D eigenvalue weighted by atomic mass is 79.9. The van der Waals surface area contributed by atoms with E-state index >= 15 is 0 Å². The molecule has 0 bridgehead atoms. The van der Waals surface area contributed by atoms with E-state index in [-0.39, 0.29) is 12.5 Å². The Kier molecular flexibility index (Phi) is 3.88. The average molecular weight is 272 g/mol. The predicted octanol–water partition coefficient (Wildman–Crippen LogP) is 1.95. The van der Waals surface area contributed by atoms with Crippen LogP contribution in [-0.2, 0) is 0 Å². The van der Waals surface area contributed by atoms with E-state index in [1.54, 1.807) is 38.1 Å². The molecule has 1 aromatic carbocycles. The zero-order valence-electron chi connectivity index (χ0n) is 8.75. The Hall–Kier alpha value is -0.870. The fraction of sp³-hybridized carbons (Fsp3) is 0.364. The van der Waals surface area contributed by atoms with Gasteiger partial charge in [0.15, 0.2) is 0 Å². The first-order valence-corrected chi connectivity index (χ1v) is 5.43. The van der Waals surface area contributed by atoms with E-state index in [0.29, 0.717) is 5.56 Å². The summed E-state index contributed by atoms with van der Waals surface area (Å²) < 4.78 is 0.931. The van der Waals surface area contributed by atoms with Crippen molar-refractivity contribution >= 4 is 21.8 Å². The number of halogens is 1. The van der Waals surface area contributed by atoms with E-state index in [1.807, 2.05) is 0 Å². The molecule has 3 nitrogen and oxygen atoms in total. The Morgan fingerprint density at radius 2 is 1.93 bits per heavy atom. The van der Waals surface area contributed by atoms with Crippen LogP contribution >= 0.6 is 15.9 Å². The van der Waals surface area contributed by atoms with Crippen LogP contribution in [0.15, 0.2) is 28.7 Å². The lowest BCUT2D eigenvalue weighted by Crippen LogP contribution is -2.46. The zero-order chi connectivity index (χ0) is 11.5. The van der Waals surface area contributed by atoms with Crippen LogP contribution in [0.3, 0.4) is 0 Å². The monoisotopic (exact) mass is 271 g/mol. The van der Waals surface area contributed by atoms with Crippen LogP contribution in [0.4, 0.5) is 0 Å². The van der Waals surface area contributed by atoms with Gasteiger partial charge in [-0.15, -0.1) is 0 Å². The first-order valence-electron chi connectivity index (χ1n) is 4.63. The van der Waals surface area contributed by atoms with Gasteiger partial charge in [0.1, 0.15) is 0 Å². The number of hydrogen-bond acceptors (Lipinski definition) is 2. The Morgan fingerprint density at radius 1 is 1.40 bits per heavy atom. The van der Waals surface area contributed by atoms with Crippen LogP contribution in [0, 0.1) is 0 Å². The predicted molar refractivity (Wildman–Crippen MR) is 62.8 cm³/mol. The second kappa shape index (κ2) is 4.77. The minimum atomic E-state index is -0.593. The van der Waals surface area contributed by atoms with Crippen molar-refractivity contribution in [1.29, 1.82) is 0 Å². The van der Waals surface area contributed by atoms with Crippen molar-refractivity contribution in [3.05, 3.63) is 34.3 Å². The molecule has 0 spiro atoms. The van der Waals surface area contributed by atoms with E-state index < -0.39 is 5.54 Å². The van der Waals surface area contributed by atoms with Crippen LogP contribution in [0.2, 0.25) is 0 Å². The lowest BCUT2D eigenvalue weighted by Gasteiger charge is -2.23. The van der Waals surface area contributed by atoms with Crippen LogP contribution in [0.1, 0.15) is 24.2 Å². The highest BCUT2D eigenvalue weighted by Gasteiger charge is 2.19. The molecule has 0 radical (unpaired) electrons. The van der Waals surface area contributed by atoms with Crippen LogP contribution in [0.5, 0.6) is 0 Å². The molecular weight excluding hydrogens is 258 g/mol. The molecule has 0 atom stereocenters. The van der Waals surface area contributed by atoms with Gasteiger partial charge in [0.2, 0.25) is 0 Å². The second-order valence-electron chi connectivity index (χ2n) is 4.00. The molecule has 1 aromatic rings. The molecule has 4 heteroatoms. The van der Waals surface area contributed by atoms with E-state index in [1.165, 1.54) is 0 Å². The number of hydrogen-bond donors (Lipinski definition) is 2. The average Bonchev–Trinajstić information content (AvgIpc) is 2.18. The van der Waals surface area contributed by atoms with Crippen molar-refractivity contribution in [2.75, 3.05) is 6.61 Å². The molecule has 2 N–H and O–H groups in total. The quantitative estimate of drug-likeness (QED) is 0.883. The van der Waals surface area contributed by atoms with Crippen molar-refractivity contribution in [2.24, 2.45) is 0 Å². The normalized spacial score (nSPS) is 11.2. The number of aliphatic hydroxyl groups excluding tert-OH is 1. The third-order valence-electron chi connectivity index (χ3n) is 1.95. The third-order valence-corrected chi connectivity index (χ3v) is 2.48. The Bertz CT molecular complexity index is 346. The summed E-state index contributed by atoms with van der Waals surface area (Å²) in [6.45, 7) is 3.45. The molecular formula is C11H14BrNO2. The van der Waals surface area contributed by atoms with E-state index in [0.717, 1.165) is 4.47 Å². The maximum absolute atomic E-state index is 11.7. The SMILES string of the molecule is CC(C)(CO)NC(=O)c1ccc(Br)cc1. The molecule has 0 unspecified atom stereocenters. The molecule has 0 heterocycles. The van der Waals surface area contributed by atoms with Gasteiger partial charge in [-0.1, -0.05) is 15.9 Å². The van der Waals surface area contributed by atoms with Gasteiger partial charge in [-0.3, -0.25) is 4.79 Å². The van der Waals surface area contributed by atoms with E-state index in [2.05, 4.69) is 21.2 Å². The molecule has 0 aliphatic rings. The van der Waals surface area contributed by atoms with Gasteiger partial charge in [-0.25, -0.2) is 0 Å². The van der Waals surface area contributed by atoms with Gasteiger partial charge in [0, 0.05) is 10.0 Å². The highest BCUT2D eigenvalue weighted by molar-refractivity contribution is 9.10. The molecule has 1 rings (SSSR count). The summed E-state index contributed by atoms with van der Waals surface area (Å²) in [5.74, 6) is -0.179. The summed E-state index contributed by atoms with van der Waals surface area (Å²) in [7, 11) is 0. The Labute approximate surface area is 97.6 Å². The van der Waals surface area contributed by atoms with Gasteiger partial charge in [-0.2, -0.15) is 0 Å². The molecule has 0 aliphatic heterocycles. The van der Waals surface area contributed by atoms with E-state index in [9.17, 15) is 4.79 Å². The van der Waals surface area contributed by atoms with Gasteiger partial charge in [-0.05, 0) is 38.1 Å². The summed E-state index contributed by atoms with van der Waals surface area (Å²) >= 11 is 3.30. The Balaban J connectivity index is 2.74.